The molecule has 0 atom stereocenters. The summed E-state index contributed by atoms with van der Waals surface area (Å²) in [7, 11) is 0. The summed E-state index contributed by atoms with van der Waals surface area (Å²) >= 11 is 2.57. The van der Waals surface area contributed by atoms with Crippen LogP contribution in [0.15, 0.2) is 35.5 Å². The van der Waals surface area contributed by atoms with E-state index in [1.54, 1.807) is 11.6 Å². The van der Waals surface area contributed by atoms with Gasteiger partial charge in [-0.2, -0.15) is 4.68 Å². The van der Waals surface area contributed by atoms with Gasteiger partial charge < -0.3 is 10.1 Å². The topological polar surface area (TPSA) is 99.0 Å². The number of nitrogens with one attached hydrogen (secondary N) is 1. The Kier molecular flexibility index (Phi) is 6.42. The molecule has 10 heteroatoms. The number of carbonyl (C=O) groups is 2. The number of para-hydroxylation sites is 1. The molecule has 0 spiro atoms. The number of thioether (sulfide) groups is 1. The molecule has 1 N–H and O–H groups in total. The van der Waals surface area contributed by atoms with Crippen LogP contribution < -0.4 is 5.32 Å². The summed E-state index contributed by atoms with van der Waals surface area (Å²) in [4.78, 5) is 25.6. The molecule has 2 aromatic heterocycles. The quantitative estimate of drug-likeness (QED) is 0.465. The van der Waals surface area contributed by atoms with Gasteiger partial charge in [0, 0.05) is 4.88 Å². The molecular formula is C18H19N5O3S2. The molecule has 146 valence electrons. The van der Waals surface area contributed by atoms with E-state index < -0.39 is 5.97 Å². The van der Waals surface area contributed by atoms with Crippen molar-refractivity contribution in [2.45, 2.75) is 25.9 Å². The summed E-state index contributed by atoms with van der Waals surface area (Å²) in [5, 5.41) is 15.4. The highest BCUT2D eigenvalue weighted by Gasteiger charge is 2.22. The number of hydrogen-bond acceptors (Lipinski definition) is 8. The zero-order valence-corrected chi connectivity index (χ0v) is 17.3. The van der Waals surface area contributed by atoms with Gasteiger partial charge in [0.2, 0.25) is 11.1 Å². The molecule has 0 fully saturated rings. The van der Waals surface area contributed by atoms with Crippen LogP contribution in [-0.4, -0.2) is 44.4 Å². The predicted octanol–water partition coefficient (Wildman–Crippen LogP) is 3.25. The number of thiophene rings is 1. The van der Waals surface area contributed by atoms with Crippen molar-refractivity contribution in [3.63, 3.8) is 0 Å². The lowest BCUT2D eigenvalue weighted by molar-refractivity contribution is -0.113. The summed E-state index contributed by atoms with van der Waals surface area (Å²) in [6.07, 6.45) is 0. The molecule has 1 amide bonds. The fraction of sp³-hybridized carbons (Fsp3) is 0.278. The summed E-state index contributed by atoms with van der Waals surface area (Å²) in [6, 6.07) is 9.43. The zero-order valence-electron chi connectivity index (χ0n) is 15.6. The molecule has 1 aromatic carbocycles. The normalized spacial score (nSPS) is 10.7. The van der Waals surface area contributed by atoms with Gasteiger partial charge >= 0.3 is 5.97 Å². The first kappa shape index (κ1) is 20.0. The largest absolute Gasteiger partial charge is 0.462 e. The minimum absolute atomic E-state index is 0.103. The van der Waals surface area contributed by atoms with Gasteiger partial charge in [0.25, 0.3) is 0 Å². The first-order valence-corrected chi connectivity index (χ1v) is 10.3. The highest BCUT2D eigenvalue weighted by Crippen LogP contribution is 2.33. The molecule has 28 heavy (non-hydrogen) atoms. The van der Waals surface area contributed by atoms with Crippen LogP contribution >= 0.6 is 23.1 Å². The second kappa shape index (κ2) is 8.98. The molecule has 0 radical (unpaired) electrons. The van der Waals surface area contributed by atoms with E-state index in [1.807, 2.05) is 44.2 Å². The average Bonchev–Trinajstić information content (AvgIpc) is 3.26. The van der Waals surface area contributed by atoms with Crippen molar-refractivity contribution >= 4 is 40.0 Å². The maximum absolute atomic E-state index is 12.5. The van der Waals surface area contributed by atoms with Crippen molar-refractivity contribution in [2.24, 2.45) is 0 Å². The van der Waals surface area contributed by atoms with Crippen LogP contribution in [0.4, 0.5) is 5.00 Å². The summed E-state index contributed by atoms with van der Waals surface area (Å²) in [6.45, 7) is 5.77. The van der Waals surface area contributed by atoms with Crippen LogP contribution in [-0.2, 0) is 9.53 Å². The number of amides is 1. The van der Waals surface area contributed by atoms with Gasteiger partial charge in [-0.25, -0.2) is 4.79 Å². The standard InChI is InChI=1S/C18H19N5O3S2/c1-4-26-17(25)15-11(2)12(3)28-16(15)19-14(24)10-27-18-20-21-22-23(18)13-8-6-5-7-9-13/h5-9H,4,10H2,1-3H3,(H,19,24). The van der Waals surface area contributed by atoms with Crippen LogP contribution in [0.5, 0.6) is 0 Å². The summed E-state index contributed by atoms with van der Waals surface area (Å²) in [5.41, 5.74) is 2.04. The van der Waals surface area contributed by atoms with Gasteiger partial charge in [-0.1, -0.05) is 30.0 Å². The number of tetrazole rings is 1. The van der Waals surface area contributed by atoms with Gasteiger partial charge in [0.1, 0.15) is 5.00 Å². The molecule has 3 rings (SSSR count). The van der Waals surface area contributed by atoms with Gasteiger partial charge in [0.05, 0.1) is 23.6 Å². The van der Waals surface area contributed by atoms with Gasteiger partial charge in [-0.05, 0) is 48.9 Å². The second-order valence-electron chi connectivity index (χ2n) is 5.75. The Hall–Kier alpha value is -2.72. The monoisotopic (exact) mass is 417 g/mol. The number of rotatable bonds is 7. The molecule has 8 nitrogen and oxygen atoms in total. The number of carbonyl (C=O) groups excluding carboxylic acids is 2. The number of aromatic nitrogens is 4. The lowest BCUT2D eigenvalue weighted by atomic mass is 10.1. The molecule has 0 saturated heterocycles. The maximum atomic E-state index is 12.5. The van der Waals surface area contributed by atoms with Crippen molar-refractivity contribution in [2.75, 3.05) is 17.7 Å². The van der Waals surface area contributed by atoms with Crippen molar-refractivity contribution in [1.82, 2.24) is 20.2 Å². The number of hydrogen-bond donors (Lipinski definition) is 1. The van der Waals surface area contributed by atoms with E-state index in [-0.39, 0.29) is 18.3 Å². The Balaban J connectivity index is 1.69. The van der Waals surface area contributed by atoms with Crippen LogP contribution in [0, 0.1) is 13.8 Å². The minimum Gasteiger partial charge on any atom is -0.462 e. The smallest absolute Gasteiger partial charge is 0.341 e. The highest BCUT2D eigenvalue weighted by molar-refractivity contribution is 7.99. The lowest BCUT2D eigenvalue weighted by Gasteiger charge is -2.07. The average molecular weight is 418 g/mol. The third-order valence-electron chi connectivity index (χ3n) is 3.89. The van der Waals surface area contributed by atoms with Crippen LogP contribution in [0.2, 0.25) is 0 Å². The second-order valence-corrected chi connectivity index (χ2v) is 7.92. The molecule has 0 bridgehead atoms. The van der Waals surface area contributed by atoms with Crippen LogP contribution in [0.25, 0.3) is 5.69 Å². The Morgan fingerprint density at radius 3 is 2.71 bits per heavy atom. The van der Waals surface area contributed by atoms with Gasteiger partial charge in [-0.3, -0.25) is 4.79 Å². The molecule has 0 aliphatic rings. The van der Waals surface area contributed by atoms with E-state index in [0.29, 0.717) is 15.7 Å². The maximum Gasteiger partial charge on any atom is 0.341 e. The highest BCUT2D eigenvalue weighted by atomic mass is 32.2. The lowest BCUT2D eigenvalue weighted by Crippen LogP contribution is -2.16. The Morgan fingerprint density at radius 1 is 1.25 bits per heavy atom. The molecule has 3 aromatic rings. The SMILES string of the molecule is CCOC(=O)c1c(NC(=O)CSc2nnnn2-c2ccccc2)sc(C)c1C. The summed E-state index contributed by atoms with van der Waals surface area (Å²) in [5.74, 6) is -0.578. The van der Waals surface area contributed by atoms with Crippen LogP contribution in [0.1, 0.15) is 27.7 Å². The van der Waals surface area contributed by atoms with E-state index in [4.69, 9.17) is 4.74 Å². The van der Waals surface area contributed by atoms with Gasteiger partial charge in [-0.15, -0.1) is 16.4 Å². The minimum atomic E-state index is -0.430. The van der Waals surface area contributed by atoms with Crippen molar-refractivity contribution in [1.29, 1.82) is 0 Å². The molecule has 0 unspecified atom stereocenters. The zero-order chi connectivity index (χ0) is 20.1. The molecule has 0 aliphatic heterocycles. The Morgan fingerprint density at radius 2 is 2.00 bits per heavy atom. The number of ether oxygens (including phenoxy) is 1. The van der Waals surface area contributed by atoms with Crippen molar-refractivity contribution in [3.8, 4) is 5.69 Å². The van der Waals surface area contributed by atoms with E-state index in [0.717, 1.165) is 16.1 Å². The summed E-state index contributed by atoms with van der Waals surface area (Å²) < 4.78 is 6.68. The third-order valence-corrected chi connectivity index (χ3v) is 5.93. The number of anilines is 1. The number of aryl methyl sites for hydroxylation is 1. The van der Waals surface area contributed by atoms with E-state index >= 15 is 0 Å². The Labute approximate surface area is 170 Å². The number of esters is 1. The van der Waals surface area contributed by atoms with E-state index in [1.165, 1.54) is 23.1 Å². The molecular weight excluding hydrogens is 398 g/mol. The van der Waals surface area contributed by atoms with Gasteiger partial charge in [0.15, 0.2) is 0 Å². The van der Waals surface area contributed by atoms with Crippen molar-refractivity contribution < 1.29 is 14.3 Å². The fourth-order valence-corrected chi connectivity index (χ4v) is 4.21. The first-order valence-electron chi connectivity index (χ1n) is 8.54. The number of nitrogens with zero attached hydrogens (tertiary/aromatic N) is 4. The van der Waals surface area contributed by atoms with E-state index in [9.17, 15) is 9.59 Å². The third kappa shape index (κ3) is 4.39. The number of benzene rings is 1. The fourth-order valence-electron chi connectivity index (χ4n) is 2.46. The molecule has 0 aliphatic carbocycles. The molecule has 2 heterocycles. The first-order chi connectivity index (χ1) is 13.5. The predicted molar refractivity (Wildman–Crippen MR) is 108 cm³/mol. The Bertz CT molecular complexity index is 985. The van der Waals surface area contributed by atoms with E-state index in [2.05, 4.69) is 20.8 Å². The van der Waals surface area contributed by atoms with Crippen LogP contribution in [0.3, 0.4) is 0 Å². The van der Waals surface area contributed by atoms with Crippen molar-refractivity contribution in [3.05, 3.63) is 46.3 Å². The molecule has 0 saturated carbocycles.